The zero-order chi connectivity index (χ0) is 20.4. The van der Waals surface area contributed by atoms with E-state index in [0.29, 0.717) is 6.54 Å². The fourth-order valence-electron chi connectivity index (χ4n) is 3.67. The summed E-state index contributed by atoms with van der Waals surface area (Å²) < 4.78 is 12.1. The van der Waals surface area contributed by atoms with Gasteiger partial charge in [0.25, 0.3) is 0 Å². The number of ether oxygens (including phenoxy) is 2. The standard InChI is InChI=1S/C20H31IN4O3/c1-19(2,3)28-18(26)23-20(4)6-5-7-25(14-20)17-13-15(21)12-16(22-17)24-8-10-27-11-9-24/h12-13H,5-11,14H2,1-4H3,(H,23,26)/t20-/m0/s1. The Bertz CT molecular complexity index is 703. The summed E-state index contributed by atoms with van der Waals surface area (Å²) in [4.78, 5) is 21.8. The highest BCUT2D eigenvalue weighted by Gasteiger charge is 2.34. The van der Waals surface area contributed by atoms with Gasteiger partial charge in [0.05, 0.1) is 18.8 Å². The molecule has 156 valence electrons. The smallest absolute Gasteiger partial charge is 0.408 e. The van der Waals surface area contributed by atoms with Crippen molar-refractivity contribution in [1.82, 2.24) is 10.3 Å². The van der Waals surface area contributed by atoms with Crippen LogP contribution in [0, 0.1) is 3.57 Å². The number of hydrogen-bond acceptors (Lipinski definition) is 6. The highest BCUT2D eigenvalue weighted by Crippen LogP contribution is 2.28. The molecule has 0 saturated carbocycles. The molecular weight excluding hydrogens is 471 g/mol. The number of carbonyl (C=O) groups excluding carboxylic acids is 1. The van der Waals surface area contributed by atoms with Crippen LogP contribution in [0.4, 0.5) is 16.4 Å². The molecule has 1 N–H and O–H groups in total. The number of carbonyl (C=O) groups is 1. The Morgan fingerprint density at radius 1 is 1.21 bits per heavy atom. The molecule has 0 bridgehead atoms. The highest BCUT2D eigenvalue weighted by molar-refractivity contribution is 14.1. The molecule has 0 aromatic carbocycles. The molecule has 2 saturated heterocycles. The van der Waals surface area contributed by atoms with Gasteiger partial charge in [-0.05, 0) is 75.3 Å². The molecule has 2 aliphatic rings. The van der Waals surface area contributed by atoms with E-state index in [-0.39, 0.29) is 11.6 Å². The zero-order valence-electron chi connectivity index (χ0n) is 17.3. The molecule has 2 aliphatic heterocycles. The molecule has 0 aliphatic carbocycles. The summed E-state index contributed by atoms with van der Waals surface area (Å²) in [5.41, 5.74) is -0.846. The Labute approximate surface area is 181 Å². The fourth-order valence-corrected chi connectivity index (χ4v) is 4.23. The lowest BCUT2D eigenvalue weighted by atomic mass is 9.91. The maximum atomic E-state index is 12.3. The van der Waals surface area contributed by atoms with E-state index in [9.17, 15) is 4.79 Å². The summed E-state index contributed by atoms with van der Waals surface area (Å²) in [5, 5.41) is 3.08. The summed E-state index contributed by atoms with van der Waals surface area (Å²) in [6.07, 6.45) is 1.55. The van der Waals surface area contributed by atoms with Crippen molar-refractivity contribution < 1.29 is 14.3 Å². The molecule has 1 aromatic heterocycles. The van der Waals surface area contributed by atoms with Crippen molar-refractivity contribution in [2.75, 3.05) is 49.2 Å². The van der Waals surface area contributed by atoms with Gasteiger partial charge in [-0.15, -0.1) is 0 Å². The predicted octanol–water partition coefficient (Wildman–Crippen LogP) is 3.41. The predicted molar refractivity (Wildman–Crippen MR) is 119 cm³/mol. The van der Waals surface area contributed by atoms with Crippen molar-refractivity contribution in [2.24, 2.45) is 0 Å². The molecule has 1 aromatic rings. The molecule has 1 amide bonds. The lowest BCUT2D eigenvalue weighted by molar-refractivity contribution is 0.0454. The summed E-state index contributed by atoms with van der Waals surface area (Å²) in [6.45, 7) is 12.6. The summed E-state index contributed by atoms with van der Waals surface area (Å²) in [6, 6.07) is 4.24. The van der Waals surface area contributed by atoms with E-state index in [2.05, 4.69) is 56.8 Å². The molecule has 2 fully saturated rings. The molecule has 7 nitrogen and oxygen atoms in total. The topological polar surface area (TPSA) is 66.9 Å². The Balaban J connectivity index is 1.73. The Hall–Kier alpha value is -1.29. The molecular formula is C20H31IN4O3. The van der Waals surface area contributed by atoms with E-state index in [0.717, 1.165) is 60.9 Å². The zero-order valence-corrected chi connectivity index (χ0v) is 19.4. The van der Waals surface area contributed by atoms with Crippen molar-refractivity contribution >= 4 is 40.3 Å². The van der Waals surface area contributed by atoms with Crippen LogP contribution in [-0.2, 0) is 9.47 Å². The third-order valence-corrected chi connectivity index (χ3v) is 5.54. The van der Waals surface area contributed by atoms with Gasteiger partial charge < -0.3 is 24.6 Å². The average molecular weight is 502 g/mol. The largest absolute Gasteiger partial charge is 0.444 e. The third-order valence-electron chi connectivity index (χ3n) is 4.92. The Kier molecular flexibility index (Phi) is 6.58. The molecule has 8 heteroatoms. The van der Waals surface area contributed by atoms with Crippen LogP contribution in [0.1, 0.15) is 40.5 Å². The maximum absolute atomic E-state index is 12.3. The summed E-state index contributed by atoms with van der Waals surface area (Å²) >= 11 is 2.35. The van der Waals surface area contributed by atoms with Crippen LogP contribution in [0.5, 0.6) is 0 Å². The van der Waals surface area contributed by atoms with Gasteiger partial charge >= 0.3 is 6.09 Å². The number of aromatic nitrogens is 1. The first-order chi connectivity index (χ1) is 13.1. The molecule has 0 spiro atoms. The Morgan fingerprint density at radius 3 is 2.50 bits per heavy atom. The molecule has 28 heavy (non-hydrogen) atoms. The van der Waals surface area contributed by atoms with Crippen LogP contribution in [-0.4, -0.2) is 61.6 Å². The van der Waals surface area contributed by atoms with Crippen LogP contribution >= 0.6 is 22.6 Å². The van der Waals surface area contributed by atoms with Crippen molar-refractivity contribution in [3.8, 4) is 0 Å². The van der Waals surface area contributed by atoms with E-state index in [4.69, 9.17) is 14.5 Å². The minimum Gasteiger partial charge on any atom is -0.444 e. The number of hydrogen-bond donors (Lipinski definition) is 1. The quantitative estimate of drug-likeness (QED) is 0.640. The second-order valence-corrected chi connectivity index (χ2v) is 10.1. The van der Waals surface area contributed by atoms with E-state index >= 15 is 0 Å². The number of alkyl carbamates (subject to hydrolysis) is 1. The van der Waals surface area contributed by atoms with Crippen molar-refractivity contribution in [1.29, 1.82) is 0 Å². The van der Waals surface area contributed by atoms with Crippen LogP contribution in [0.25, 0.3) is 0 Å². The minimum absolute atomic E-state index is 0.345. The molecule has 0 radical (unpaired) electrons. The number of nitrogens with one attached hydrogen (secondary N) is 1. The van der Waals surface area contributed by atoms with E-state index in [1.165, 1.54) is 0 Å². The molecule has 1 atom stereocenters. The fraction of sp³-hybridized carbons (Fsp3) is 0.700. The second-order valence-electron chi connectivity index (χ2n) is 8.81. The van der Waals surface area contributed by atoms with Crippen LogP contribution < -0.4 is 15.1 Å². The number of amides is 1. The Morgan fingerprint density at radius 2 is 1.86 bits per heavy atom. The SMILES string of the molecule is CC(C)(C)OC(=O)N[C@@]1(C)CCCN(c2cc(I)cc(N3CCOCC3)n2)C1. The van der Waals surface area contributed by atoms with Crippen molar-refractivity contribution in [3.63, 3.8) is 0 Å². The minimum atomic E-state index is -0.501. The average Bonchev–Trinajstić information content (AvgIpc) is 2.60. The van der Waals surface area contributed by atoms with E-state index in [1.807, 2.05) is 20.8 Å². The number of halogens is 1. The maximum Gasteiger partial charge on any atom is 0.408 e. The first kappa shape index (κ1) is 21.4. The summed E-state index contributed by atoms with van der Waals surface area (Å²) in [5.74, 6) is 1.96. The lowest BCUT2D eigenvalue weighted by Crippen LogP contribution is -2.57. The first-order valence-corrected chi connectivity index (χ1v) is 11.0. The van der Waals surface area contributed by atoms with Crippen LogP contribution in [0.15, 0.2) is 12.1 Å². The van der Waals surface area contributed by atoms with Crippen molar-refractivity contribution in [3.05, 3.63) is 15.7 Å². The lowest BCUT2D eigenvalue weighted by Gasteiger charge is -2.42. The molecule has 3 heterocycles. The van der Waals surface area contributed by atoms with Gasteiger partial charge in [0.1, 0.15) is 17.2 Å². The third kappa shape index (κ3) is 5.85. The van der Waals surface area contributed by atoms with Crippen molar-refractivity contribution in [2.45, 2.75) is 51.7 Å². The number of anilines is 2. The number of pyridine rings is 1. The van der Waals surface area contributed by atoms with Gasteiger partial charge in [0, 0.05) is 29.7 Å². The van der Waals surface area contributed by atoms with Gasteiger partial charge in [0.2, 0.25) is 0 Å². The van der Waals surface area contributed by atoms with Gasteiger partial charge in [-0.3, -0.25) is 0 Å². The van der Waals surface area contributed by atoms with E-state index < -0.39 is 5.60 Å². The monoisotopic (exact) mass is 502 g/mol. The van der Waals surface area contributed by atoms with E-state index in [1.54, 1.807) is 0 Å². The number of nitrogens with zero attached hydrogens (tertiary/aromatic N) is 3. The number of piperidine rings is 1. The van der Waals surface area contributed by atoms with Gasteiger partial charge in [-0.1, -0.05) is 0 Å². The van der Waals surface area contributed by atoms with Crippen LogP contribution in [0.3, 0.4) is 0 Å². The molecule has 0 unspecified atom stereocenters. The van der Waals surface area contributed by atoms with Gasteiger partial charge in [0.15, 0.2) is 0 Å². The first-order valence-electron chi connectivity index (χ1n) is 9.90. The second kappa shape index (κ2) is 8.61. The highest BCUT2D eigenvalue weighted by atomic mass is 127. The number of rotatable bonds is 3. The normalized spacial score (nSPS) is 23.5. The number of morpholine rings is 1. The van der Waals surface area contributed by atoms with Gasteiger partial charge in [-0.25, -0.2) is 9.78 Å². The van der Waals surface area contributed by atoms with Gasteiger partial charge in [-0.2, -0.15) is 0 Å². The summed E-state index contributed by atoms with van der Waals surface area (Å²) in [7, 11) is 0. The van der Waals surface area contributed by atoms with Crippen LogP contribution in [0.2, 0.25) is 0 Å². The molecule has 3 rings (SSSR count).